The molecule has 0 aliphatic heterocycles. The fourth-order valence-corrected chi connectivity index (χ4v) is 1.41. The smallest absolute Gasteiger partial charge is 0.124 e. The molecular weight excluding hydrogens is 209 g/mol. The van der Waals surface area contributed by atoms with Crippen LogP contribution in [0.5, 0.6) is 5.75 Å². The van der Waals surface area contributed by atoms with Gasteiger partial charge in [-0.2, -0.15) is 0 Å². The number of hydrogen-bond donors (Lipinski definition) is 1. The first kappa shape index (κ1) is 10.6. The van der Waals surface area contributed by atoms with Gasteiger partial charge < -0.3 is 10.1 Å². The molecule has 0 radical (unpaired) electrons. The Morgan fingerprint density at radius 3 is 2.69 bits per heavy atom. The van der Waals surface area contributed by atoms with Crippen molar-refractivity contribution in [1.29, 1.82) is 0 Å². The van der Waals surface area contributed by atoms with Crippen LogP contribution in [0.1, 0.15) is 11.1 Å². The van der Waals surface area contributed by atoms with E-state index in [1.54, 1.807) is 32.4 Å². The Bertz CT molecular complexity index is 291. The zero-order valence-corrected chi connectivity index (χ0v) is 8.99. The lowest BCUT2D eigenvalue weighted by molar-refractivity contribution is 0.408. The van der Waals surface area contributed by atoms with E-state index in [4.69, 9.17) is 27.9 Å². The molecule has 0 aliphatic carbocycles. The summed E-state index contributed by atoms with van der Waals surface area (Å²) < 4.78 is 5.14. The highest BCUT2D eigenvalue weighted by atomic mass is 35.5. The minimum atomic E-state index is -0.284. The average Bonchev–Trinajstić information content (AvgIpc) is 2.16. The number of halogens is 2. The topological polar surface area (TPSA) is 21.3 Å². The van der Waals surface area contributed by atoms with Crippen LogP contribution in [-0.2, 0) is 0 Å². The van der Waals surface area contributed by atoms with Gasteiger partial charge in [0.15, 0.2) is 0 Å². The van der Waals surface area contributed by atoms with Gasteiger partial charge in [-0.1, -0.05) is 11.6 Å². The number of rotatable bonds is 3. The Morgan fingerprint density at radius 1 is 1.46 bits per heavy atom. The summed E-state index contributed by atoms with van der Waals surface area (Å²) in [5.41, 5.74) is 0.563. The monoisotopic (exact) mass is 219 g/mol. The minimum Gasteiger partial charge on any atom is -0.496 e. The summed E-state index contributed by atoms with van der Waals surface area (Å²) in [6.07, 6.45) is 0. The Kier molecular flexibility index (Phi) is 3.85. The fraction of sp³-hybridized carbons (Fsp3) is 0.333. The average molecular weight is 220 g/mol. The molecule has 0 aliphatic rings. The predicted octanol–water partition coefficient (Wildman–Crippen LogP) is 2.81. The molecule has 1 aromatic rings. The van der Waals surface area contributed by atoms with Crippen LogP contribution < -0.4 is 10.1 Å². The van der Waals surface area contributed by atoms with E-state index in [2.05, 4.69) is 5.32 Å². The molecule has 0 spiro atoms. The van der Waals surface area contributed by atoms with Gasteiger partial charge in [-0.25, -0.2) is 0 Å². The van der Waals surface area contributed by atoms with E-state index in [1.807, 2.05) is 0 Å². The Balaban J connectivity index is 3.07. The summed E-state index contributed by atoms with van der Waals surface area (Å²) in [7, 11) is 3.38. The van der Waals surface area contributed by atoms with Crippen LogP contribution in [0.15, 0.2) is 18.2 Å². The Labute approximate surface area is 87.8 Å². The van der Waals surface area contributed by atoms with Crippen molar-refractivity contribution in [3.05, 3.63) is 28.8 Å². The summed E-state index contributed by atoms with van der Waals surface area (Å²) >= 11 is 11.8. The van der Waals surface area contributed by atoms with E-state index in [9.17, 15) is 0 Å². The minimum absolute atomic E-state index is 0.284. The van der Waals surface area contributed by atoms with E-state index >= 15 is 0 Å². The van der Waals surface area contributed by atoms with Crippen molar-refractivity contribution in [1.82, 2.24) is 5.32 Å². The fourth-order valence-electron chi connectivity index (χ4n) is 1.06. The molecule has 13 heavy (non-hydrogen) atoms. The van der Waals surface area contributed by atoms with Crippen LogP contribution in [0.2, 0.25) is 5.02 Å². The molecule has 0 aromatic heterocycles. The van der Waals surface area contributed by atoms with Gasteiger partial charge in [-0.15, -0.1) is 11.6 Å². The van der Waals surface area contributed by atoms with Crippen LogP contribution in [0.4, 0.5) is 0 Å². The van der Waals surface area contributed by atoms with Crippen LogP contribution in [-0.4, -0.2) is 14.2 Å². The molecule has 0 saturated carbocycles. The lowest BCUT2D eigenvalue weighted by atomic mass is 10.2. The zero-order chi connectivity index (χ0) is 9.84. The van der Waals surface area contributed by atoms with E-state index in [0.717, 1.165) is 11.3 Å². The first-order valence-electron chi connectivity index (χ1n) is 3.83. The molecule has 1 aromatic carbocycles. The third kappa shape index (κ3) is 2.50. The molecule has 0 heterocycles. The quantitative estimate of drug-likeness (QED) is 0.624. The zero-order valence-electron chi connectivity index (χ0n) is 7.47. The molecule has 1 atom stereocenters. The number of benzene rings is 1. The van der Waals surface area contributed by atoms with Gasteiger partial charge in [0, 0.05) is 10.6 Å². The van der Waals surface area contributed by atoms with Gasteiger partial charge in [0.2, 0.25) is 0 Å². The summed E-state index contributed by atoms with van der Waals surface area (Å²) in [5, 5.41) is 3.56. The number of nitrogens with one attached hydrogen (secondary N) is 1. The Morgan fingerprint density at radius 2 is 2.15 bits per heavy atom. The number of ether oxygens (including phenoxy) is 1. The van der Waals surface area contributed by atoms with Crippen LogP contribution >= 0.6 is 23.2 Å². The van der Waals surface area contributed by atoms with E-state index in [-0.39, 0.29) is 5.50 Å². The molecular formula is C9H11Cl2NO. The number of methoxy groups -OCH3 is 1. The maximum atomic E-state index is 6.00. The molecule has 0 fully saturated rings. The highest BCUT2D eigenvalue weighted by Crippen LogP contribution is 2.29. The third-order valence-corrected chi connectivity index (χ3v) is 2.41. The lowest BCUT2D eigenvalue weighted by Crippen LogP contribution is -2.11. The second-order valence-electron chi connectivity index (χ2n) is 2.54. The molecule has 0 bridgehead atoms. The van der Waals surface area contributed by atoms with Crippen molar-refractivity contribution in [3.63, 3.8) is 0 Å². The number of alkyl halides is 1. The molecule has 0 amide bonds. The van der Waals surface area contributed by atoms with Crippen molar-refractivity contribution < 1.29 is 4.74 Å². The van der Waals surface area contributed by atoms with Crippen LogP contribution in [0.3, 0.4) is 0 Å². The molecule has 2 nitrogen and oxygen atoms in total. The van der Waals surface area contributed by atoms with Crippen molar-refractivity contribution in [3.8, 4) is 5.75 Å². The Hall–Kier alpha value is -0.440. The summed E-state index contributed by atoms with van der Waals surface area (Å²) in [6, 6.07) is 5.35. The largest absolute Gasteiger partial charge is 0.496 e. The SMILES string of the molecule is CNC(Cl)c1cc(Cl)ccc1OC. The van der Waals surface area contributed by atoms with Gasteiger partial charge >= 0.3 is 0 Å². The molecule has 1 unspecified atom stereocenters. The first-order chi connectivity index (χ1) is 6.19. The molecule has 4 heteroatoms. The lowest BCUT2D eigenvalue weighted by Gasteiger charge is -2.13. The molecule has 1 rings (SSSR count). The van der Waals surface area contributed by atoms with Gasteiger partial charge in [0.1, 0.15) is 11.3 Å². The van der Waals surface area contributed by atoms with Crippen molar-refractivity contribution in [2.45, 2.75) is 5.50 Å². The van der Waals surface area contributed by atoms with Crippen LogP contribution in [0.25, 0.3) is 0 Å². The second-order valence-corrected chi connectivity index (χ2v) is 3.41. The van der Waals surface area contributed by atoms with Crippen LogP contribution in [0, 0.1) is 0 Å². The highest BCUT2D eigenvalue weighted by molar-refractivity contribution is 6.30. The first-order valence-corrected chi connectivity index (χ1v) is 4.65. The molecule has 0 saturated heterocycles. The third-order valence-electron chi connectivity index (χ3n) is 1.72. The highest BCUT2D eigenvalue weighted by Gasteiger charge is 2.11. The summed E-state index contributed by atoms with van der Waals surface area (Å²) in [6.45, 7) is 0. The normalized spacial score (nSPS) is 12.6. The van der Waals surface area contributed by atoms with Gasteiger partial charge in [-0.3, -0.25) is 0 Å². The summed E-state index contributed by atoms with van der Waals surface area (Å²) in [4.78, 5) is 0. The molecule has 72 valence electrons. The van der Waals surface area contributed by atoms with E-state index in [1.165, 1.54) is 0 Å². The standard InChI is InChI=1S/C9H11Cl2NO/c1-12-9(11)7-5-6(10)3-4-8(7)13-2/h3-5,9,12H,1-2H3. The predicted molar refractivity (Wildman–Crippen MR) is 55.7 cm³/mol. The maximum Gasteiger partial charge on any atom is 0.124 e. The maximum absolute atomic E-state index is 6.00. The van der Waals surface area contributed by atoms with Gasteiger partial charge in [0.25, 0.3) is 0 Å². The van der Waals surface area contributed by atoms with E-state index < -0.39 is 0 Å². The van der Waals surface area contributed by atoms with Crippen molar-refractivity contribution in [2.75, 3.05) is 14.2 Å². The second kappa shape index (κ2) is 4.70. The molecule has 1 N–H and O–H groups in total. The van der Waals surface area contributed by atoms with Gasteiger partial charge in [-0.05, 0) is 25.2 Å². The van der Waals surface area contributed by atoms with Gasteiger partial charge in [0.05, 0.1) is 7.11 Å². The summed E-state index contributed by atoms with van der Waals surface area (Å²) in [5.74, 6) is 0.735. The van der Waals surface area contributed by atoms with E-state index in [0.29, 0.717) is 5.02 Å². The van der Waals surface area contributed by atoms with Crippen molar-refractivity contribution >= 4 is 23.2 Å². The number of hydrogen-bond acceptors (Lipinski definition) is 2. The van der Waals surface area contributed by atoms with Crippen molar-refractivity contribution in [2.24, 2.45) is 0 Å².